The van der Waals surface area contributed by atoms with E-state index in [9.17, 15) is 0 Å². The van der Waals surface area contributed by atoms with Gasteiger partial charge in [0.05, 0.1) is 43.6 Å². The molecule has 0 saturated carbocycles. The SMILES string of the molecule is COc1ccc(-c2ccc3c(N4CCOCC4)nc(N4CC(C)OC(C)C4)nc3n2)cc1CNCc1ccc2c(c1)OCO2. The number of aromatic nitrogens is 3. The first-order chi connectivity index (χ1) is 21.5. The van der Waals surface area contributed by atoms with Crippen molar-refractivity contribution in [2.24, 2.45) is 0 Å². The molecule has 3 aliphatic heterocycles. The third-order valence-corrected chi connectivity index (χ3v) is 8.20. The lowest BCUT2D eigenvalue weighted by Gasteiger charge is -2.36. The van der Waals surface area contributed by atoms with Crippen molar-refractivity contribution in [3.05, 3.63) is 59.7 Å². The molecule has 2 fully saturated rings. The molecule has 7 rings (SSSR count). The van der Waals surface area contributed by atoms with Crippen molar-refractivity contribution in [3.8, 4) is 28.5 Å². The van der Waals surface area contributed by atoms with Gasteiger partial charge in [0.1, 0.15) is 11.6 Å². The summed E-state index contributed by atoms with van der Waals surface area (Å²) in [6.45, 7) is 10.1. The summed E-state index contributed by atoms with van der Waals surface area (Å²) in [5.74, 6) is 3.99. The summed E-state index contributed by atoms with van der Waals surface area (Å²) >= 11 is 0. The molecule has 3 aliphatic rings. The Morgan fingerprint density at radius 1 is 0.864 bits per heavy atom. The summed E-state index contributed by atoms with van der Waals surface area (Å²) in [5.41, 5.74) is 4.68. The number of ether oxygens (including phenoxy) is 5. The molecule has 11 nitrogen and oxygen atoms in total. The average molecular weight is 599 g/mol. The molecule has 5 heterocycles. The Hall–Kier alpha value is -4.19. The maximum atomic E-state index is 5.98. The van der Waals surface area contributed by atoms with Crippen LogP contribution in [0.3, 0.4) is 0 Å². The van der Waals surface area contributed by atoms with Crippen LogP contribution in [0.1, 0.15) is 25.0 Å². The maximum Gasteiger partial charge on any atom is 0.231 e. The third-order valence-electron chi connectivity index (χ3n) is 8.20. The summed E-state index contributed by atoms with van der Waals surface area (Å²) in [5, 5.41) is 4.48. The fraction of sp³-hybridized carbons (Fsp3) is 0.424. The van der Waals surface area contributed by atoms with E-state index in [1.54, 1.807) is 7.11 Å². The molecule has 2 atom stereocenters. The molecule has 0 spiro atoms. The minimum absolute atomic E-state index is 0.0977. The van der Waals surface area contributed by atoms with Gasteiger partial charge in [-0.05, 0) is 61.9 Å². The number of benzene rings is 2. The van der Waals surface area contributed by atoms with Crippen molar-refractivity contribution in [3.63, 3.8) is 0 Å². The van der Waals surface area contributed by atoms with Crippen LogP contribution in [0.2, 0.25) is 0 Å². The summed E-state index contributed by atoms with van der Waals surface area (Å²) in [6.07, 6.45) is 0.195. The Morgan fingerprint density at radius 2 is 1.68 bits per heavy atom. The molecular formula is C33H38N6O5. The normalized spacial score (nSPS) is 19.9. The monoisotopic (exact) mass is 598 g/mol. The highest BCUT2D eigenvalue weighted by atomic mass is 16.7. The highest BCUT2D eigenvalue weighted by Gasteiger charge is 2.27. The van der Waals surface area contributed by atoms with E-state index in [1.165, 1.54) is 0 Å². The molecule has 2 aromatic carbocycles. The van der Waals surface area contributed by atoms with E-state index in [-0.39, 0.29) is 19.0 Å². The first kappa shape index (κ1) is 28.6. The lowest BCUT2D eigenvalue weighted by Crippen LogP contribution is -2.46. The van der Waals surface area contributed by atoms with E-state index in [4.69, 9.17) is 38.6 Å². The predicted octanol–water partition coefficient (Wildman–Crippen LogP) is 4.17. The molecule has 44 heavy (non-hydrogen) atoms. The number of pyridine rings is 1. The average Bonchev–Trinajstić information content (AvgIpc) is 3.52. The fourth-order valence-electron chi connectivity index (χ4n) is 6.11. The number of rotatable bonds is 8. The molecule has 11 heteroatoms. The van der Waals surface area contributed by atoms with E-state index in [0.29, 0.717) is 37.9 Å². The molecule has 1 N–H and O–H groups in total. The lowest BCUT2D eigenvalue weighted by molar-refractivity contribution is -0.00570. The number of morpholine rings is 2. The molecule has 230 valence electrons. The van der Waals surface area contributed by atoms with Crippen molar-refractivity contribution >= 4 is 22.8 Å². The fourth-order valence-corrected chi connectivity index (χ4v) is 6.11. The summed E-state index contributed by atoms with van der Waals surface area (Å²) < 4.78 is 28.3. The standard InChI is InChI=1S/C33H38N6O5/c1-21-18-39(19-22(2)44-21)33-36-31-26(32(37-33)38-10-12-41-13-11-38)6-7-27(35-31)24-5-9-28(40-3)25(15-24)17-34-16-23-4-8-29-30(14-23)43-20-42-29/h4-9,14-15,21-22,34H,10-13,16-20H2,1-3H3. The Balaban J connectivity index is 1.18. The molecule has 2 aromatic heterocycles. The minimum Gasteiger partial charge on any atom is -0.496 e. The highest BCUT2D eigenvalue weighted by Crippen LogP contribution is 2.33. The van der Waals surface area contributed by atoms with Crippen LogP contribution < -0.4 is 29.3 Å². The van der Waals surface area contributed by atoms with Crippen molar-refractivity contribution in [1.29, 1.82) is 0 Å². The van der Waals surface area contributed by atoms with Crippen LogP contribution in [-0.4, -0.2) is 80.5 Å². The van der Waals surface area contributed by atoms with Crippen LogP contribution in [0.15, 0.2) is 48.5 Å². The Labute approximate surface area is 257 Å². The second-order valence-electron chi connectivity index (χ2n) is 11.5. The zero-order chi connectivity index (χ0) is 30.0. The van der Waals surface area contributed by atoms with E-state index in [0.717, 1.165) is 77.0 Å². The van der Waals surface area contributed by atoms with E-state index in [2.05, 4.69) is 47.2 Å². The molecule has 2 saturated heterocycles. The minimum atomic E-state index is 0.0977. The van der Waals surface area contributed by atoms with E-state index < -0.39 is 0 Å². The van der Waals surface area contributed by atoms with E-state index >= 15 is 0 Å². The number of methoxy groups -OCH3 is 1. The van der Waals surface area contributed by atoms with Crippen molar-refractivity contribution in [2.45, 2.75) is 39.1 Å². The van der Waals surface area contributed by atoms with Gasteiger partial charge >= 0.3 is 0 Å². The summed E-state index contributed by atoms with van der Waals surface area (Å²) in [4.78, 5) is 19.7. The lowest BCUT2D eigenvalue weighted by atomic mass is 10.1. The largest absolute Gasteiger partial charge is 0.496 e. The predicted molar refractivity (Wildman–Crippen MR) is 168 cm³/mol. The number of anilines is 2. The van der Waals surface area contributed by atoms with Gasteiger partial charge in [0.2, 0.25) is 12.7 Å². The van der Waals surface area contributed by atoms with Crippen LogP contribution in [0, 0.1) is 0 Å². The van der Waals surface area contributed by atoms with Crippen LogP contribution in [0.5, 0.6) is 17.2 Å². The number of hydrogen-bond donors (Lipinski definition) is 1. The molecule has 0 bridgehead atoms. The second kappa shape index (κ2) is 12.4. The van der Waals surface area contributed by atoms with Gasteiger partial charge in [0.15, 0.2) is 17.1 Å². The Bertz CT molecular complexity index is 1640. The van der Waals surface area contributed by atoms with Gasteiger partial charge in [0, 0.05) is 50.4 Å². The van der Waals surface area contributed by atoms with Crippen molar-refractivity contribution in [2.75, 3.05) is 63.1 Å². The van der Waals surface area contributed by atoms with Gasteiger partial charge in [-0.3, -0.25) is 0 Å². The van der Waals surface area contributed by atoms with Gasteiger partial charge < -0.3 is 38.8 Å². The first-order valence-electron chi connectivity index (χ1n) is 15.2. The number of hydrogen-bond acceptors (Lipinski definition) is 11. The van der Waals surface area contributed by atoms with Crippen LogP contribution in [-0.2, 0) is 22.6 Å². The summed E-state index contributed by atoms with van der Waals surface area (Å²) in [6, 6.07) is 16.3. The maximum absolute atomic E-state index is 5.98. The third kappa shape index (κ3) is 5.95. The van der Waals surface area contributed by atoms with Crippen LogP contribution >= 0.6 is 0 Å². The molecule has 0 aliphatic carbocycles. The van der Waals surface area contributed by atoms with Gasteiger partial charge in [-0.25, -0.2) is 4.98 Å². The Kier molecular flexibility index (Phi) is 8.07. The zero-order valence-corrected chi connectivity index (χ0v) is 25.4. The topological polar surface area (TPSA) is 103 Å². The van der Waals surface area contributed by atoms with E-state index in [1.807, 2.05) is 30.3 Å². The summed E-state index contributed by atoms with van der Waals surface area (Å²) in [7, 11) is 1.70. The quantitative estimate of drug-likeness (QED) is 0.316. The van der Waals surface area contributed by atoms with Gasteiger partial charge in [-0.15, -0.1) is 0 Å². The van der Waals surface area contributed by atoms with Gasteiger partial charge in [0.25, 0.3) is 0 Å². The number of nitrogens with one attached hydrogen (secondary N) is 1. The molecule has 0 amide bonds. The van der Waals surface area contributed by atoms with Crippen LogP contribution in [0.25, 0.3) is 22.3 Å². The number of fused-ring (bicyclic) bond motifs is 2. The van der Waals surface area contributed by atoms with Crippen LogP contribution in [0.4, 0.5) is 11.8 Å². The van der Waals surface area contributed by atoms with Gasteiger partial charge in [-0.2, -0.15) is 9.97 Å². The second-order valence-corrected chi connectivity index (χ2v) is 11.5. The highest BCUT2D eigenvalue weighted by molar-refractivity contribution is 5.90. The first-order valence-corrected chi connectivity index (χ1v) is 15.2. The molecule has 4 aromatic rings. The smallest absolute Gasteiger partial charge is 0.231 e. The molecule has 0 radical (unpaired) electrons. The van der Waals surface area contributed by atoms with Crippen molar-refractivity contribution in [1.82, 2.24) is 20.3 Å². The Morgan fingerprint density at radius 3 is 2.50 bits per heavy atom. The van der Waals surface area contributed by atoms with Gasteiger partial charge in [-0.1, -0.05) is 6.07 Å². The molecular weight excluding hydrogens is 560 g/mol. The number of nitrogens with zero attached hydrogens (tertiary/aromatic N) is 5. The molecule has 2 unspecified atom stereocenters. The zero-order valence-electron chi connectivity index (χ0n) is 25.4. The van der Waals surface area contributed by atoms with Crippen molar-refractivity contribution < 1.29 is 23.7 Å².